The van der Waals surface area contributed by atoms with Crippen LogP contribution in [0.2, 0.25) is 0 Å². The first-order chi connectivity index (χ1) is 12.8. The molecule has 0 spiro atoms. The molecular formula is C20H22N4O2. The quantitative estimate of drug-likeness (QED) is 0.726. The third-order valence-electron chi connectivity index (χ3n) is 4.76. The highest BCUT2D eigenvalue weighted by Gasteiger charge is 2.22. The minimum Gasteiger partial charge on any atom is -0.410 e. The lowest BCUT2D eigenvalue weighted by Gasteiger charge is -2.34. The number of rotatable bonds is 4. The maximum absolute atomic E-state index is 12.2. The SMILES string of the molecule is O=C(Oc1ccccc1)N1CCN(CCn2ccc3cccnc32)CC1. The summed E-state index contributed by atoms with van der Waals surface area (Å²) in [5, 5.41) is 1.17. The number of para-hydroxylation sites is 1. The summed E-state index contributed by atoms with van der Waals surface area (Å²) in [6.45, 7) is 4.94. The third kappa shape index (κ3) is 3.70. The maximum atomic E-state index is 12.2. The van der Waals surface area contributed by atoms with Gasteiger partial charge in [0.25, 0.3) is 0 Å². The highest BCUT2D eigenvalue weighted by atomic mass is 16.6. The molecule has 4 rings (SSSR count). The standard InChI is InChI=1S/C20H22N4O2/c25-20(26-18-6-2-1-3-7-18)24-15-12-22(13-16-24)11-14-23-10-8-17-5-4-9-21-19(17)23/h1-10H,11-16H2. The summed E-state index contributed by atoms with van der Waals surface area (Å²) < 4.78 is 7.60. The van der Waals surface area contributed by atoms with Crippen molar-refractivity contribution in [2.45, 2.75) is 6.54 Å². The Morgan fingerprint density at radius 3 is 2.58 bits per heavy atom. The molecule has 1 fully saturated rings. The second-order valence-corrected chi connectivity index (χ2v) is 6.44. The van der Waals surface area contributed by atoms with Crippen LogP contribution in [-0.4, -0.2) is 58.2 Å². The van der Waals surface area contributed by atoms with Crippen LogP contribution in [0.1, 0.15) is 0 Å². The highest BCUT2D eigenvalue weighted by molar-refractivity contribution is 5.75. The van der Waals surface area contributed by atoms with Crippen molar-refractivity contribution < 1.29 is 9.53 Å². The molecule has 0 unspecified atom stereocenters. The van der Waals surface area contributed by atoms with Gasteiger partial charge in [-0.3, -0.25) is 4.90 Å². The highest BCUT2D eigenvalue weighted by Crippen LogP contribution is 2.14. The van der Waals surface area contributed by atoms with Crippen molar-refractivity contribution in [1.29, 1.82) is 0 Å². The topological polar surface area (TPSA) is 50.6 Å². The number of pyridine rings is 1. The number of hydrogen-bond donors (Lipinski definition) is 0. The molecule has 0 bridgehead atoms. The van der Waals surface area contributed by atoms with E-state index in [-0.39, 0.29) is 6.09 Å². The van der Waals surface area contributed by atoms with Crippen molar-refractivity contribution in [3.05, 3.63) is 60.9 Å². The van der Waals surface area contributed by atoms with E-state index in [4.69, 9.17) is 4.74 Å². The molecule has 1 amide bonds. The molecule has 26 heavy (non-hydrogen) atoms. The fourth-order valence-corrected chi connectivity index (χ4v) is 3.26. The predicted molar refractivity (Wildman–Crippen MR) is 100 cm³/mol. The molecule has 1 aromatic carbocycles. The van der Waals surface area contributed by atoms with Crippen LogP contribution >= 0.6 is 0 Å². The number of nitrogens with zero attached hydrogens (tertiary/aromatic N) is 4. The molecular weight excluding hydrogens is 328 g/mol. The van der Waals surface area contributed by atoms with Gasteiger partial charge in [0.05, 0.1) is 0 Å². The molecule has 3 aromatic rings. The molecule has 6 heteroatoms. The van der Waals surface area contributed by atoms with E-state index in [1.807, 2.05) is 30.5 Å². The summed E-state index contributed by atoms with van der Waals surface area (Å²) in [6.07, 6.45) is 3.65. The number of carbonyl (C=O) groups is 1. The number of aromatic nitrogens is 2. The molecule has 0 radical (unpaired) electrons. The Kier molecular flexibility index (Phi) is 4.84. The van der Waals surface area contributed by atoms with Gasteiger partial charge in [-0.2, -0.15) is 0 Å². The molecule has 0 N–H and O–H groups in total. The third-order valence-corrected chi connectivity index (χ3v) is 4.76. The number of fused-ring (bicyclic) bond motifs is 1. The fraction of sp³-hybridized carbons (Fsp3) is 0.300. The van der Waals surface area contributed by atoms with Gasteiger partial charge in [-0.1, -0.05) is 18.2 Å². The van der Waals surface area contributed by atoms with Crippen molar-refractivity contribution >= 4 is 17.1 Å². The zero-order valence-corrected chi connectivity index (χ0v) is 14.6. The number of ether oxygens (including phenoxy) is 1. The first-order valence-electron chi connectivity index (χ1n) is 8.93. The zero-order valence-electron chi connectivity index (χ0n) is 14.6. The van der Waals surface area contributed by atoms with Gasteiger partial charge in [0, 0.05) is 57.0 Å². The number of hydrogen-bond acceptors (Lipinski definition) is 4. The monoisotopic (exact) mass is 350 g/mol. The van der Waals surface area contributed by atoms with Gasteiger partial charge in [-0.05, 0) is 30.3 Å². The Balaban J connectivity index is 1.26. The minimum absolute atomic E-state index is 0.267. The number of amides is 1. The van der Waals surface area contributed by atoms with E-state index in [9.17, 15) is 4.79 Å². The molecule has 1 aliphatic heterocycles. The van der Waals surface area contributed by atoms with E-state index >= 15 is 0 Å². The Labute approximate surface area is 152 Å². The lowest BCUT2D eigenvalue weighted by molar-refractivity contribution is 0.109. The van der Waals surface area contributed by atoms with E-state index in [2.05, 4.69) is 32.8 Å². The van der Waals surface area contributed by atoms with Crippen LogP contribution in [0.4, 0.5) is 4.79 Å². The van der Waals surface area contributed by atoms with Gasteiger partial charge in [-0.15, -0.1) is 0 Å². The van der Waals surface area contributed by atoms with E-state index in [1.54, 1.807) is 17.0 Å². The Bertz CT molecular complexity index is 870. The molecule has 134 valence electrons. The molecule has 1 aliphatic rings. The van der Waals surface area contributed by atoms with E-state index in [0.29, 0.717) is 18.8 Å². The number of carbonyl (C=O) groups excluding carboxylic acids is 1. The van der Waals surface area contributed by atoms with Crippen molar-refractivity contribution in [2.24, 2.45) is 0 Å². The van der Waals surface area contributed by atoms with Crippen LogP contribution in [0.15, 0.2) is 60.9 Å². The molecule has 6 nitrogen and oxygen atoms in total. The second-order valence-electron chi connectivity index (χ2n) is 6.44. The first kappa shape index (κ1) is 16.6. The smallest absolute Gasteiger partial charge is 0.410 e. The Hall–Kier alpha value is -2.86. The van der Waals surface area contributed by atoms with Crippen molar-refractivity contribution in [3.63, 3.8) is 0 Å². The van der Waals surface area contributed by atoms with Crippen LogP contribution in [0.5, 0.6) is 5.75 Å². The van der Waals surface area contributed by atoms with Crippen LogP contribution in [0.25, 0.3) is 11.0 Å². The van der Waals surface area contributed by atoms with Crippen molar-refractivity contribution in [1.82, 2.24) is 19.4 Å². The molecule has 3 heterocycles. The number of piperazine rings is 1. The molecule has 0 aliphatic carbocycles. The maximum Gasteiger partial charge on any atom is 0.415 e. The summed E-state index contributed by atoms with van der Waals surface area (Å²) in [4.78, 5) is 20.8. The van der Waals surface area contributed by atoms with Crippen molar-refractivity contribution in [2.75, 3.05) is 32.7 Å². The summed E-state index contributed by atoms with van der Waals surface area (Å²) in [5.74, 6) is 0.590. The number of benzene rings is 1. The van der Waals surface area contributed by atoms with Gasteiger partial charge >= 0.3 is 6.09 Å². The van der Waals surface area contributed by atoms with Crippen LogP contribution in [-0.2, 0) is 6.54 Å². The van der Waals surface area contributed by atoms with Crippen LogP contribution in [0, 0.1) is 0 Å². The van der Waals surface area contributed by atoms with Gasteiger partial charge in [-0.25, -0.2) is 9.78 Å². The first-order valence-corrected chi connectivity index (χ1v) is 8.93. The lowest BCUT2D eigenvalue weighted by atomic mass is 10.3. The summed E-state index contributed by atoms with van der Waals surface area (Å²) in [7, 11) is 0. The van der Waals surface area contributed by atoms with E-state index in [1.165, 1.54) is 5.39 Å². The zero-order chi connectivity index (χ0) is 17.8. The fourth-order valence-electron chi connectivity index (χ4n) is 3.26. The van der Waals surface area contributed by atoms with Crippen LogP contribution < -0.4 is 4.74 Å². The average molecular weight is 350 g/mol. The molecule has 1 saturated heterocycles. The summed E-state index contributed by atoms with van der Waals surface area (Å²) >= 11 is 0. The van der Waals surface area contributed by atoms with Crippen molar-refractivity contribution in [3.8, 4) is 5.75 Å². The van der Waals surface area contributed by atoms with Gasteiger partial charge < -0.3 is 14.2 Å². The summed E-state index contributed by atoms with van der Waals surface area (Å²) in [6, 6.07) is 15.4. The van der Waals surface area contributed by atoms with Gasteiger partial charge in [0.15, 0.2) is 0 Å². The second kappa shape index (κ2) is 7.58. The molecule has 2 aromatic heterocycles. The van der Waals surface area contributed by atoms with Gasteiger partial charge in [0.1, 0.15) is 11.4 Å². The van der Waals surface area contributed by atoms with E-state index in [0.717, 1.165) is 31.8 Å². The Morgan fingerprint density at radius 1 is 0.962 bits per heavy atom. The Morgan fingerprint density at radius 2 is 1.77 bits per heavy atom. The average Bonchev–Trinajstić information content (AvgIpc) is 3.11. The minimum atomic E-state index is -0.267. The van der Waals surface area contributed by atoms with E-state index < -0.39 is 0 Å². The van der Waals surface area contributed by atoms with Gasteiger partial charge in [0.2, 0.25) is 0 Å². The van der Waals surface area contributed by atoms with Crippen LogP contribution in [0.3, 0.4) is 0 Å². The summed E-state index contributed by atoms with van der Waals surface area (Å²) in [5.41, 5.74) is 1.03. The molecule has 0 atom stereocenters. The largest absolute Gasteiger partial charge is 0.415 e. The molecule has 0 saturated carbocycles. The normalized spacial score (nSPS) is 15.3. The lowest BCUT2D eigenvalue weighted by Crippen LogP contribution is -2.50. The predicted octanol–water partition coefficient (Wildman–Crippen LogP) is 2.85.